The quantitative estimate of drug-likeness (QED) is 0.840. The molecule has 6 heteroatoms. The number of hydrogen-bond donors (Lipinski definition) is 0. The van der Waals surface area contributed by atoms with Crippen LogP contribution in [-0.2, 0) is 4.74 Å². The molecule has 0 atom stereocenters. The van der Waals surface area contributed by atoms with Gasteiger partial charge in [-0.15, -0.1) is 0 Å². The van der Waals surface area contributed by atoms with Crippen molar-refractivity contribution in [1.82, 2.24) is 14.9 Å². The van der Waals surface area contributed by atoms with Crippen molar-refractivity contribution in [3.63, 3.8) is 0 Å². The lowest BCUT2D eigenvalue weighted by molar-refractivity contribution is 0.0240. The van der Waals surface area contributed by atoms with Gasteiger partial charge in [-0.3, -0.25) is 0 Å². The molecule has 1 aliphatic heterocycles. The molecule has 0 unspecified atom stereocenters. The molecule has 0 bridgehead atoms. The van der Waals surface area contributed by atoms with Crippen LogP contribution >= 0.6 is 0 Å². The van der Waals surface area contributed by atoms with Crippen molar-refractivity contribution in [2.45, 2.75) is 26.4 Å². The lowest BCUT2D eigenvalue weighted by Crippen LogP contribution is -2.50. The highest BCUT2D eigenvalue weighted by molar-refractivity contribution is 5.69. The third kappa shape index (κ3) is 4.47. The summed E-state index contributed by atoms with van der Waals surface area (Å²) in [5.41, 5.74) is 2.80. The Bertz CT molecular complexity index is 702. The number of amides is 1. The highest BCUT2D eigenvalue weighted by Crippen LogP contribution is 2.23. The van der Waals surface area contributed by atoms with E-state index in [4.69, 9.17) is 4.74 Å². The molecule has 2 aromatic rings. The Morgan fingerprint density at radius 1 is 0.960 bits per heavy atom. The number of ether oxygens (including phenoxy) is 1. The number of anilines is 1. The summed E-state index contributed by atoms with van der Waals surface area (Å²) < 4.78 is 5.44. The van der Waals surface area contributed by atoms with Crippen LogP contribution in [0.4, 0.5) is 10.5 Å². The van der Waals surface area contributed by atoms with Crippen molar-refractivity contribution in [3.8, 4) is 11.1 Å². The molecule has 0 spiro atoms. The molecule has 1 aromatic heterocycles. The van der Waals surface area contributed by atoms with Gasteiger partial charge in [-0.2, -0.15) is 0 Å². The summed E-state index contributed by atoms with van der Waals surface area (Å²) in [6.07, 6.45) is 4.91. The second-order valence-corrected chi connectivity index (χ2v) is 7.13. The Morgan fingerprint density at radius 3 is 2.12 bits per heavy atom. The van der Waals surface area contributed by atoms with E-state index in [1.54, 1.807) is 4.90 Å². The van der Waals surface area contributed by atoms with E-state index in [0.29, 0.717) is 13.1 Å². The van der Waals surface area contributed by atoms with Gasteiger partial charge in [-0.1, -0.05) is 12.1 Å². The maximum Gasteiger partial charge on any atom is 0.410 e. The van der Waals surface area contributed by atoms with Gasteiger partial charge in [-0.05, 0) is 38.5 Å². The van der Waals surface area contributed by atoms with E-state index < -0.39 is 5.60 Å². The highest BCUT2D eigenvalue weighted by Gasteiger charge is 2.25. The third-order valence-electron chi connectivity index (χ3n) is 4.06. The molecular formula is C19H24N4O2. The van der Waals surface area contributed by atoms with Crippen LogP contribution < -0.4 is 4.90 Å². The third-order valence-corrected chi connectivity index (χ3v) is 4.06. The number of hydrogen-bond acceptors (Lipinski definition) is 5. The standard InChI is InChI=1S/C19H24N4O2/c1-19(2,3)25-18(24)23-10-8-22(9-11-23)17-6-4-15(5-7-17)16-12-20-14-21-13-16/h4-7,12-14H,8-11H2,1-3H3. The van der Waals surface area contributed by atoms with Crippen LogP contribution in [0.3, 0.4) is 0 Å². The van der Waals surface area contributed by atoms with Crippen molar-refractivity contribution < 1.29 is 9.53 Å². The molecule has 0 radical (unpaired) electrons. The number of carbonyl (C=O) groups excluding carboxylic acids is 1. The number of aromatic nitrogens is 2. The molecule has 25 heavy (non-hydrogen) atoms. The number of piperazine rings is 1. The van der Waals surface area contributed by atoms with Gasteiger partial charge in [0.15, 0.2) is 0 Å². The van der Waals surface area contributed by atoms with E-state index in [1.165, 1.54) is 6.33 Å². The fourth-order valence-electron chi connectivity index (χ4n) is 2.79. The minimum atomic E-state index is -0.453. The zero-order valence-electron chi connectivity index (χ0n) is 15.0. The van der Waals surface area contributed by atoms with Crippen molar-refractivity contribution in [1.29, 1.82) is 0 Å². The van der Waals surface area contributed by atoms with Crippen LogP contribution in [0.25, 0.3) is 11.1 Å². The van der Waals surface area contributed by atoms with Gasteiger partial charge in [-0.25, -0.2) is 14.8 Å². The Labute approximate surface area is 148 Å². The number of rotatable bonds is 2. The van der Waals surface area contributed by atoms with E-state index >= 15 is 0 Å². The molecule has 3 rings (SSSR count). The Kier molecular flexibility index (Phi) is 4.88. The topological polar surface area (TPSA) is 58.6 Å². The monoisotopic (exact) mass is 340 g/mol. The molecular weight excluding hydrogens is 316 g/mol. The first-order valence-electron chi connectivity index (χ1n) is 8.51. The molecule has 1 aromatic carbocycles. The van der Waals surface area contributed by atoms with Crippen LogP contribution in [0.5, 0.6) is 0 Å². The van der Waals surface area contributed by atoms with E-state index in [2.05, 4.69) is 39.1 Å². The van der Waals surface area contributed by atoms with Gasteiger partial charge in [0, 0.05) is 49.8 Å². The molecule has 2 heterocycles. The molecule has 1 fully saturated rings. The lowest BCUT2D eigenvalue weighted by atomic mass is 10.1. The zero-order valence-corrected chi connectivity index (χ0v) is 15.0. The average molecular weight is 340 g/mol. The highest BCUT2D eigenvalue weighted by atomic mass is 16.6. The van der Waals surface area contributed by atoms with Gasteiger partial charge < -0.3 is 14.5 Å². The fraction of sp³-hybridized carbons (Fsp3) is 0.421. The maximum atomic E-state index is 12.1. The van der Waals surface area contributed by atoms with E-state index in [9.17, 15) is 4.79 Å². The Hall–Kier alpha value is -2.63. The summed E-state index contributed by atoms with van der Waals surface area (Å²) in [5.74, 6) is 0. The summed E-state index contributed by atoms with van der Waals surface area (Å²) >= 11 is 0. The van der Waals surface area contributed by atoms with Crippen LogP contribution in [0, 0.1) is 0 Å². The van der Waals surface area contributed by atoms with Gasteiger partial charge in [0.25, 0.3) is 0 Å². The van der Waals surface area contributed by atoms with Crippen molar-refractivity contribution in [3.05, 3.63) is 43.0 Å². The van der Waals surface area contributed by atoms with Gasteiger partial charge in [0.1, 0.15) is 11.9 Å². The largest absolute Gasteiger partial charge is 0.444 e. The molecule has 1 aliphatic rings. The first kappa shape index (κ1) is 17.2. The SMILES string of the molecule is CC(C)(C)OC(=O)N1CCN(c2ccc(-c3cncnc3)cc2)CC1. The summed E-state index contributed by atoms with van der Waals surface area (Å²) in [6, 6.07) is 8.36. The maximum absolute atomic E-state index is 12.1. The Morgan fingerprint density at radius 2 is 1.56 bits per heavy atom. The van der Waals surface area contributed by atoms with Crippen LogP contribution in [0.1, 0.15) is 20.8 Å². The Balaban J connectivity index is 1.59. The molecule has 0 saturated carbocycles. The number of nitrogens with zero attached hydrogens (tertiary/aromatic N) is 4. The lowest BCUT2D eigenvalue weighted by Gasteiger charge is -2.36. The van der Waals surface area contributed by atoms with Crippen molar-refractivity contribution in [2.24, 2.45) is 0 Å². The summed E-state index contributed by atoms with van der Waals surface area (Å²) in [7, 11) is 0. The molecule has 132 valence electrons. The first-order valence-corrected chi connectivity index (χ1v) is 8.51. The molecule has 1 amide bonds. The first-order chi connectivity index (χ1) is 11.9. The van der Waals surface area contributed by atoms with E-state index in [1.807, 2.05) is 33.2 Å². The van der Waals surface area contributed by atoms with Crippen LogP contribution in [0.15, 0.2) is 43.0 Å². The van der Waals surface area contributed by atoms with Crippen molar-refractivity contribution >= 4 is 11.8 Å². The average Bonchev–Trinajstić information content (AvgIpc) is 2.61. The number of carbonyl (C=O) groups is 1. The molecule has 0 N–H and O–H groups in total. The van der Waals surface area contributed by atoms with Crippen LogP contribution in [-0.4, -0.2) is 52.7 Å². The smallest absolute Gasteiger partial charge is 0.410 e. The van der Waals surface area contributed by atoms with E-state index in [0.717, 1.165) is 29.9 Å². The van der Waals surface area contributed by atoms with Gasteiger partial charge >= 0.3 is 6.09 Å². The predicted molar refractivity (Wildman–Crippen MR) is 97.5 cm³/mol. The van der Waals surface area contributed by atoms with E-state index in [-0.39, 0.29) is 6.09 Å². The zero-order chi connectivity index (χ0) is 17.9. The minimum absolute atomic E-state index is 0.230. The predicted octanol–water partition coefficient (Wildman–Crippen LogP) is 3.20. The second kappa shape index (κ2) is 7.09. The minimum Gasteiger partial charge on any atom is -0.444 e. The summed E-state index contributed by atoms with van der Waals surface area (Å²) in [6.45, 7) is 8.61. The summed E-state index contributed by atoms with van der Waals surface area (Å²) in [5, 5.41) is 0. The van der Waals surface area contributed by atoms with Crippen molar-refractivity contribution in [2.75, 3.05) is 31.1 Å². The fourth-order valence-corrected chi connectivity index (χ4v) is 2.79. The van der Waals surface area contributed by atoms with Crippen LogP contribution in [0.2, 0.25) is 0 Å². The molecule has 1 saturated heterocycles. The molecule has 6 nitrogen and oxygen atoms in total. The van der Waals surface area contributed by atoms with Gasteiger partial charge in [0.05, 0.1) is 0 Å². The number of benzene rings is 1. The van der Waals surface area contributed by atoms with Gasteiger partial charge in [0.2, 0.25) is 0 Å². The summed E-state index contributed by atoms with van der Waals surface area (Å²) in [4.78, 5) is 24.3. The second-order valence-electron chi connectivity index (χ2n) is 7.13. The normalized spacial score (nSPS) is 15.2. The molecule has 0 aliphatic carbocycles.